The van der Waals surface area contributed by atoms with Crippen LogP contribution in [0.2, 0.25) is 10.0 Å². The molecule has 0 unspecified atom stereocenters. The molecular weight excluding hydrogens is 477 g/mol. The zero-order valence-corrected chi connectivity index (χ0v) is 18.9. The SMILES string of the molecule is COc1cc([N+](=O)[O-])ccc1NC(=O)COC(=O)COc1c(Cl)cc(Cl)c2ccc(C)nc12. The van der Waals surface area contributed by atoms with Crippen molar-refractivity contribution in [1.29, 1.82) is 0 Å². The quantitative estimate of drug-likeness (QED) is 0.278. The Hall–Kier alpha value is -3.63. The number of benzene rings is 2. The molecule has 0 fully saturated rings. The van der Waals surface area contributed by atoms with Gasteiger partial charge in [-0.3, -0.25) is 14.9 Å². The summed E-state index contributed by atoms with van der Waals surface area (Å²) < 4.78 is 15.5. The number of nitro benzene ring substituents is 1. The van der Waals surface area contributed by atoms with Crippen LogP contribution in [-0.2, 0) is 14.3 Å². The standard InChI is InChI=1S/C21H17Cl2N3O7/c1-11-3-5-13-14(22)8-15(23)21(20(13)24-11)33-10-19(28)32-9-18(27)25-16-6-4-12(26(29)30)7-17(16)31-2/h3-8H,9-10H2,1-2H3,(H,25,27). The van der Waals surface area contributed by atoms with Crippen LogP contribution in [0.1, 0.15) is 5.69 Å². The number of nitrogens with zero attached hydrogens (tertiary/aromatic N) is 2. The van der Waals surface area contributed by atoms with E-state index in [-0.39, 0.29) is 27.9 Å². The Labute approximate surface area is 197 Å². The first-order valence-electron chi connectivity index (χ1n) is 9.35. The van der Waals surface area contributed by atoms with Crippen molar-refractivity contribution in [3.8, 4) is 11.5 Å². The lowest BCUT2D eigenvalue weighted by Gasteiger charge is -2.12. The second-order valence-corrected chi connectivity index (χ2v) is 7.47. The average Bonchev–Trinajstić information content (AvgIpc) is 2.77. The maximum absolute atomic E-state index is 12.1. The zero-order chi connectivity index (χ0) is 24.1. The van der Waals surface area contributed by atoms with Gasteiger partial charge in [0.05, 0.1) is 33.8 Å². The van der Waals surface area contributed by atoms with E-state index in [1.165, 1.54) is 25.3 Å². The number of anilines is 1. The number of carbonyl (C=O) groups excluding carboxylic acids is 2. The van der Waals surface area contributed by atoms with Crippen molar-refractivity contribution in [1.82, 2.24) is 4.98 Å². The van der Waals surface area contributed by atoms with E-state index < -0.39 is 30.0 Å². The van der Waals surface area contributed by atoms with Gasteiger partial charge in [-0.1, -0.05) is 23.2 Å². The van der Waals surface area contributed by atoms with Crippen LogP contribution in [0.15, 0.2) is 36.4 Å². The molecule has 10 nitrogen and oxygen atoms in total. The molecule has 0 radical (unpaired) electrons. The summed E-state index contributed by atoms with van der Waals surface area (Å²) in [6.45, 7) is 0.639. The Balaban J connectivity index is 1.60. The molecule has 1 amide bonds. The minimum absolute atomic E-state index is 0.0826. The molecule has 0 aliphatic rings. The predicted molar refractivity (Wildman–Crippen MR) is 121 cm³/mol. The fourth-order valence-electron chi connectivity index (χ4n) is 2.83. The monoisotopic (exact) mass is 493 g/mol. The number of pyridine rings is 1. The van der Waals surface area contributed by atoms with Crippen LogP contribution in [0, 0.1) is 17.0 Å². The van der Waals surface area contributed by atoms with Gasteiger partial charge in [-0.2, -0.15) is 0 Å². The van der Waals surface area contributed by atoms with Crippen molar-refractivity contribution in [2.24, 2.45) is 0 Å². The third kappa shape index (κ3) is 5.79. The highest BCUT2D eigenvalue weighted by Gasteiger charge is 2.17. The number of nitro groups is 1. The van der Waals surface area contributed by atoms with Crippen molar-refractivity contribution in [3.05, 3.63) is 62.3 Å². The van der Waals surface area contributed by atoms with Crippen molar-refractivity contribution < 1.29 is 28.7 Å². The fraction of sp³-hybridized carbons (Fsp3) is 0.190. The molecule has 3 rings (SSSR count). The van der Waals surface area contributed by atoms with Crippen molar-refractivity contribution in [2.75, 3.05) is 25.6 Å². The number of nitrogens with one attached hydrogen (secondary N) is 1. The van der Waals surface area contributed by atoms with E-state index in [0.717, 1.165) is 6.07 Å². The first kappa shape index (κ1) is 24.0. The lowest BCUT2D eigenvalue weighted by atomic mass is 10.2. The fourth-order valence-corrected chi connectivity index (χ4v) is 3.40. The molecule has 0 spiro atoms. The number of amides is 1. The van der Waals surface area contributed by atoms with Gasteiger partial charge in [0.15, 0.2) is 19.0 Å². The molecule has 0 bridgehead atoms. The topological polar surface area (TPSA) is 130 Å². The number of methoxy groups -OCH3 is 1. The summed E-state index contributed by atoms with van der Waals surface area (Å²) in [7, 11) is 1.30. The number of ether oxygens (including phenoxy) is 3. The van der Waals surface area contributed by atoms with Gasteiger partial charge in [-0.25, -0.2) is 9.78 Å². The molecule has 0 aliphatic heterocycles. The summed E-state index contributed by atoms with van der Waals surface area (Å²) in [6, 6.07) is 8.69. The molecule has 0 aliphatic carbocycles. The van der Waals surface area contributed by atoms with Crippen molar-refractivity contribution in [2.45, 2.75) is 6.92 Å². The zero-order valence-electron chi connectivity index (χ0n) is 17.4. The Morgan fingerprint density at radius 2 is 1.88 bits per heavy atom. The number of rotatable bonds is 8. The molecule has 2 aromatic carbocycles. The van der Waals surface area contributed by atoms with Gasteiger partial charge in [-0.15, -0.1) is 0 Å². The minimum Gasteiger partial charge on any atom is -0.494 e. The van der Waals surface area contributed by atoms with E-state index in [4.69, 9.17) is 37.4 Å². The van der Waals surface area contributed by atoms with Crippen LogP contribution >= 0.6 is 23.2 Å². The first-order chi connectivity index (χ1) is 15.7. The molecule has 1 heterocycles. The van der Waals surface area contributed by atoms with Crippen LogP contribution in [0.3, 0.4) is 0 Å². The highest BCUT2D eigenvalue weighted by Crippen LogP contribution is 2.37. The molecule has 3 aromatic rings. The summed E-state index contributed by atoms with van der Waals surface area (Å²) in [6.07, 6.45) is 0. The van der Waals surface area contributed by atoms with Gasteiger partial charge in [0.25, 0.3) is 11.6 Å². The highest BCUT2D eigenvalue weighted by atomic mass is 35.5. The Bertz CT molecular complexity index is 1250. The number of aromatic nitrogens is 1. The van der Waals surface area contributed by atoms with E-state index >= 15 is 0 Å². The van der Waals surface area contributed by atoms with Gasteiger partial charge in [0.1, 0.15) is 11.3 Å². The van der Waals surface area contributed by atoms with Gasteiger partial charge in [0, 0.05) is 17.1 Å². The third-order valence-corrected chi connectivity index (χ3v) is 4.94. The number of non-ortho nitro benzene ring substituents is 1. The van der Waals surface area contributed by atoms with Crippen LogP contribution < -0.4 is 14.8 Å². The van der Waals surface area contributed by atoms with Gasteiger partial charge in [-0.05, 0) is 31.2 Å². The minimum atomic E-state index is -0.826. The molecule has 12 heteroatoms. The maximum Gasteiger partial charge on any atom is 0.344 e. The van der Waals surface area contributed by atoms with E-state index in [1.54, 1.807) is 19.1 Å². The van der Waals surface area contributed by atoms with Crippen LogP contribution in [0.4, 0.5) is 11.4 Å². The summed E-state index contributed by atoms with van der Waals surface area (Å²) in [5, 5.41) is 14.5. The second-order valence-electron chi connectivity index (χ2n) is 6.66. The summed E-state index contributed by atoms with van der Waals surface area (Å²) in [4.78, 5) is 38.8. The van der Waals surface area contributed by atoms with E-state index in [9.17, 15) is 19.7 Å². The largest absolute Gasteiger partial charge is 0.494 e. The molecule has 33 heavy (non-hydrogen) atoms. The number of fused-ring (bicyclic) bond motifs is 1. The molecule has 0 saturated carbocycles. The molecule has 0 saturated heterocycles. The van der Waals surface area contributed by atoms with Gasteiger partial charge < -0.3 is 19.5 Å². The van der Waals surface area contributed by atoms with Crippen molar-refractivity contribution in [3.63, 3.8) is 0 Å². The van der Waals surface area contributed by atoms with Gasteiger partial charge >= 0.3 is 5.97 Å². The number of esters is 1. The number of hydrogen-bond acceptors (Lipinski definition) is 8. The van der Waals surface area contributed by atoms with E-state index in [2.05, 4.69) is 10.3 Å². The summed E-state index contributed by atoms with van der Waals surface area (Å²) in [5.74, 6) is -1.26. The Morgan fingerprint density at radius 1 is 1.12 bits per heavy atom. The second kappa shape index (κ2) is 10.3. The number of halogens is 2. The lowest BCUT2D eigenvalue weighted by Crippen LogP contribution is -2.24. The van der Waals surface area contributed by atoms with E-state index in [1.807, 2.05) is 0 Å². The molecular formula is C21H17Cl2N3O7. The van der Waals surface area contributed by atoms with Crippen LogP contribution in [0.25, 0.3) is 10.9 Å². The van der Waals surface area contributed by atoms with Crippen LogP contribution in [-0.4, -0.2) is 42.1 Å². The predicted octanol–water partition coefficient (Wildman–Crippen LogP) is 4.33. The molecule has 0 atom stereocenters. The number of aryl methyl sites for hydroxylation is 1. The van der Waals surface area contributed by atoms with Gasteiger partial charge in [0.2, 0.25) is 0 Å². The smallest absolute Gasteiger partial charge is 0.344 e. The summed E-state index contributed by atoms with van der Waals surface area (Å²) >= 11 is 12.4. The number of hydrogen-bond donors (Lipinski definition) is 1. The number of carbonyl (C=O) groups is 2. The third-order valence-electron chi connectivity index (χ3n) is 4.35. The lowest BCUT2D eigenvalue weighted by molar-refractivity contribution is -0.384. The normalized spacial score (nSPS) is 10.5. The Kier molecular flexibility index (Phi) is 7.52. The summed E-state index contributed by atoms with van der Waals surface area (Å²) in [5.41, 5.74) is 1.07. The van der Waals surface area contributed by atoms with Crippen molar-refractivity contribution >= 4 is 57.4 Å². The average molecular weight is 494 g/mol. The maximum atomic E-state index is 12.1. The highest BCUT2D eigenvalue weighted by molar-refractivity contribution is 6.39. The molecule has 1 aromatic heterocycles. The molecule has 172 valence electrons. The van der Waals surface area contributed by atoms with Crippen LogP contribution in [0.5, 0.6) is 11.5 Å². The molecule has 1 N–H and O–H groups in total. The Morgan fingerprint density at radius 3 is 2.58 bits per heavy atom. The van der Waals surface area contributed by atoms with E-state index in [0.29, 0.717) is 21.6 Å². The first-order valence-corrected chi connectivity index (χ1v) is 10.1.